The van der Waals surface area contributed by atoms with Crippen molar-refractivity contribution in [2.45, 2.75) is 48.0 Å². The molecule has 0 unspecified atom stereocenters. The van der Waals surface area contributed by atoms with E-state index in [1.165, 1.54) is 26.8 Å². The summed E-state index contributed by atoms with van der Waals surface area (Å²) in [4.78, 5) is 20.3. The first-order valence-corrected chi connectivity index (χ1v) is 7.78. The monoisotopic (exact) mass is 386 g/mol. The van der Waals surface area contributed by atoms with Gasteiger partial charge in [0.2, 0.25) is 0 Å². The van der Waals surface area contributed by atoms with Gasteiger partial charge in [0.15, 0.2) is 0 Å². The fourth-order valence-electron chi connectivity index (χ4n) is 1.75. The van der Waals surface area contributed by atoms with Crippen LogP contribution in [0.2, 0.25) is 0 Å². The predicted octanol–water partition coefficient (Wildman–Crippen LogP) is 4.71. The first-order valence-electron chi connectivity index (χ1n) is 7.78. The molecule has 0 aliphatic rings. The molecule has 0 saturated heterocycles. The molecule has 0 aliphatic heterocycles. The SMILES string of the molecule is C.CC(C)=O.CCc1cc(CC(C)=O)c(O)cc1O.[Ar].c1ccccc1. The molecular weight excluding hydrogens is 356 g/mol. The second-order valence-electron chi connectivity index (χ2n) is 5.40. The van der Waals surface area contributed by atoms with E-state index >= 15 is 0 Å². The molecule has 26 heavy (non-hydrogen) atoms. The minimum absolute atomic E-state index is 0. The zero-order chi connectivity index (χ0) is 18.5. The maximum atomic E-state index is 10.9. The van der Waals surface area contributed by atoms with Gasteiger partial charge in [-0.2, -0.15) is 0 Å². The van der Waals surface area contributed by atoms with Crippen LogP contribution < -0.4 is 0 Å². The predicted molar refractivity (Wildman–Crippen MR) is 103 cm³/mol. The first kappa shape index (κ1) is 29.4. The number of aromatic hydroxyl groups is 2. The third-order valence-electron chi connectivity index (χ3n) is 2.77. The Morgan fingerprint density at radius 1 is 0.808 bits per heavy atom. The van der Waals surface area contributed by atoms with Gasteiger partial charge in [0.25, 0.3) is 0 Å². The van der Waals surface area contributed by atoms with Crippen molar-refractivity contribution in [1.82, 2.24) is 0 Å². The minimum Gasteiger partial charge on any atom is -0.508 e. The summed E-state index contributed by atoms with van der Waals surface area (Å²) in [7, 11) is 0. The van der Waals surface area contributed by atoms with Crippen molar-refractivity contribution < 1.29 is 57.5 Å². The van der Waals surface area contributed by atoms with E-state index < -0.39 is 0 Å². The van der Waals surface area contributed by atoms with Crippen LogP contribution in [0.1, 0.15) is 46.2 Å². The number of aryl methyl sites for hydroxylation is 1. The topological polar surface area (TPSA) is 74.6 Å². The van der Waals surface area contributed by atoms with E-state index in [-0.39, 0.29) is 74.7 Å². The number of phenols is 2. The second-order valence-corrected chi connectivity index (χ2v) is 5.40. The van der Waals surface area contributed by atoms with Crippen LogP contribution in [0.25, 0.3) is 0 Å². The van der Waals surface area contributed by atoms with Gasteiger partial charge in [0, 0.05) is 55.8 Å². The zero-order valence-corrected chi connectivity index (χ0v) is 15.8. The van der Waals surface area contributed by atoms with Gasteiger partial charge in [-0.25, -0.2) is 0 Å². The third-order valence-corrected chi connectivity index (χ3v) is 2.77. The molecule has 0 saturated carbocycles. The van der Waals surface area contributed by atoms with E-state index in [1.54, 1.807) is 6.07 Å². The van der Waals surface area contributed by atoms with Crippen molar-refractivity contribution in [3.05, 3.63) is 59.7 Å². The summed E-state index contributed by atoms with van der Waals surface area (Å²) in [5.74, 6) is 0.222. The standard InChI is InChI=1S/C11H14O3.C6H6.C3H6O.CH4.Ar/c1-3-8-5-9(4-7(2)12)11(14)6-10(8)13;1-2-4-6-5-3-1;1-3(2)4;;/h5-6,13-14H,3-4H2,1-2H3;1-6H;1-2H3;1H4;. The maximum absolute atomic E-state index is 10.9. The molecule has 4 nitrogen and oxygen atoms in total. The van der Waals surface area contributed by atoms with Gasteiger partial charge in [-0.15, -0.1) is 0 Å². The first-order chi connectivity index (χ1) is 11.3. The van der Waals surface area contributed by atoms with Gasteiger partial charge < -0.3 is 15.0 Å². The van der Waals surface area contributed by atoms with Crippen molar-refractivity contribution in [2.24, 2.45) is 0 Å². The number of hydrogen-bond donors (Lipinski definition) is 2. The molecule has 5 heteroatoms. The molecule has 0 bridgehead atoms. The average Bonchev–Trinajstić information content (AvgIpc) is 2.51. The van der Waals surface area contributed by atoms with Crippen LogP contribution in [0.3, 0.4) is 0 Å². The van der Waals surface area contributed by atoms with Crippen LogP contribution in [0, 0.1) is 37.7 Å². The van der Waals surface area contributed by atoms with Crippen LogP contribution in [-0.2, 0) is 22.4 Å². The Bertz CT molecular complexity index is 609. The van der Waals surface area contributed by atoms with Crippen molar-refractivity contribution in [3.8, 4) is 11.5 Å². The Kier molecular flexibility index (Phi) is 19.3. The summed E-state index contributed by atoms with van der Waals surface area (Å²) in [6.07, 6.45) is 0.885. The molecular formula is C21H30ArO4. The van der Waals surface area contributed by atoms with E-state index in [0.717, 1.165) is 5.56 Å². The molecule has 146 valence electrons. The minimum atomic E-state index is -0.0186. The van der Waals surface area contributed by atoms with Gasteiger partial charge in [0.05, 0.1) is 0 Å². The molecule has 2 aromatic rings. The number of Topliss-reactive ketones (excluding diaryl/α,β-unsaturated/α-hetero) is 2. The number of benzene rings is 2. The summed E-state index contributed by atoms with van der Waals surface area (Å²) in [5.41, 5.74) is 1.33. The maximum Gasteiger partial charge on any atom is 0.134 e. The quantitative estimate of drug-likeness (QED) is 0.801. The Morgan fingerprint density at radius 3 is 1.46 bits per heavy atom. The molecule has 0 fully saturated rings. The third kappa shape index (κ3) is 14.9. The molecule has 0 aromatic heterocycles. The molecule has 0 spiro atoms. The normalized spacial score (nSPS) is 8.31. The fraction of sp³-hybridized carbons (Fsp3) is 0.333. The summed E-state index contributed by atoms with van der Waals surface area (Å²) >= 11 is 0. The van der Waals surface area contributed by atoms with Crippen LogP contribution in [0.5, 0.6) is 11.5 Å². The Balaban J connectivity index is -0.000000369. The number of hydrogen-bond acceptors (Lipinski definition) is 4. The van der Waals surface area contributed by atoms with Crippen molar-refractivity contribution in [1.29, 1.82) is 0 Å². The van der Waals surface area contributed by atoms with Crippen molar-refractivity contribution in [2.75, 3.05) is 0 Å². The number of ketones is 2. The summed E-state index contributed by atoms with van der Waals surface area (Å²) in [6.45, 7) is 6.43. The number of carbonyl (C=O) groups is 2. The Labute approximate surface area is 187 Å². The molecule has 2 N–H and O–H groups in total. The van der Waals surface area contributed by atoms with E-state index in [1.807, 2.05) is 43.3 Å². The summed E-state index contributed by atoms with van der Waals surface area (Å²) < 4.78 is 0. The van der Waals surface area contributed by atoms with Gasteiger partial charge in [-0.1, -0.05) is 50.7 Å². The Hall–Kier alpha value is -1.36. The molecule has 2 rings (SSSR count). The second kappa shape index (κ2) is 17.1. The molecule has 0 heterocycles. The molecule has 0 amide bonds. The largest absolute Gasteiger partial charge is 0.508 e. The van der Waals surface area contributed by atoms with Gasteiger partial charge in [0.1, 0.15) is 23.1 Å². The van der Waals surface area contributed by atoms with Crippen molar-refractivity contribution >= 4 is 11.6 Å². The van der Waals surface area contributed by atoms with E-state index in [0.29, 0.717) is 12.0 Å². The van der Waals surface area contributed by atoms with Gasteiger partial charge in [-0.05, 0) is 38.8 Å². The van der Waals surface area contributed by atoms with Gasteiger partial charge in [-0.3, -0.25) is 4.79 Å². The Morgan fingerprint density at radius 2 is 1.15 bits per heavy atom. The fourth-order valence-corrected chi connectivity index (χ4v) is 1.75. The van der Waals surface area contributed by atoms with Crippen molar-refractivity contribution in [3.63, 3.8) is 0 Å². The number of carbonyl (C=O) groups excluding carboxylic acids is 2. The number of rotatable bonds is 3. The molecule has 0 radical (unpaired) electrons. The van der Waals surface area contributed by atoms with Gasteiger partial charge >= 0.3 is 0 Å². The van der Waals surface area contributed by atoms with Crippen LogP contribution >= 0.6 is 0 Å². The van der Waals surface area contributed by atoms with Crippen LogP contribution in [0.15, 0.2) is 48.5 Å². The van der Waals surface area contributed by atoms with Crippen LogP contribution in [-0.4, -0.2) is 21.8 Å². The number of phenolic OH excluding ortho intramolecular Hbond substituents is 2. The summed E-state index contributed by atoms with van der Waals surface area (Å²) in [5, 5.41) is 18.9. The van der Waals surface area contributed by atoms with E-state index in [4.69, 9.17) is 0 Å². The zero-order valence-electron chi connectivity index (χ0n) is 15.1. The van der Waals surface area contributed by atoms with E-state index in [9.17, 15) is 19.8 Å². The van der Waals surface area contributed by atoms with E-state index in [2.05, 4.69) is 0 Å². The van der Waals surface area contributed by atoms with Crippen LogP contribution in [0.4, 0.5) is 0 Å². The smallest absolute Gasteiger partial charge is 0.134 e. The molecule has 0 aliphatic carbocycles. The molecule has 2 aromatic carbocycles. The average molecular weight is 386 g/mol. The summed E-state index contributed by atoms with van der Waals surface area (Å²) in [6, 6.07) is 15.0. The molecule has 0 atom stereocenters.